The van der Waals surface area contributed by atoms with Gasteiger partial charge in [0, 0.05) is 19.7 Å². The van der Waals surface area contributed by atoms with Crippen LogP contribution in [0.15, 0.2) is 0 Å². The fourth-order valence-electron chi connectivity index (χ4n) is 2.43. The average Bonchev–Trinajstić information content (AvgIpc) is 2.48. The molecular formula is C16H32N2O3. The summed E-state index contributed by atoms with van der Waals surface area (Å²) in [4.78, 5) is 13.4. The van der Waals surface area contributed by atoms with Gasteiger partial charge in [-0.05, 0) is 65.5 Å². The number of carbonyl (C=O) groups excluding carboxylic acids is 1. The molecule has 5 heteroatoms. The monoisotopic (exact) mass is 300 g/mol. The number of aliphatic hydroxyl groups excluding tert-OH is 1. The Morgan fingerprint density at radius 2 is 1.76 bits per heavy atom. The SMILES string of the molecule is C1CCNCC1.CC(C)(C)OC(=O)N1CCC(CO)CC1. The predicted octanol–water partition coefficient (Wildman–Crippen LogP) is 2.39. The summed E-state index contributed by atoms with van der Waals surface area (Å²) in [6.07, 6.45) is 5.72. The van der Waals surface area contributed by atoms with E-state index >= 15 is 0 Å². The Labute approximate surface area is 129 Å². The van der Waals surface area contributed by atoms with Crippen LogP contribution in [0.2, 0.25) is 0 Å². The zero-order valence-corrected chi connectivity index (χ0v) is 13.9. The van der Waals surface area contributed by atoms with Gasteiger partial charge in [-0.2, -0.15) is 0 Å². The van der Waals surface area contributed by atoms with Crippen LogP contribution < -0.4 is 5.32 Å². The quantitative estimate of drug-likeness (QED) is 0.780. The molecule has 0 aromatic rings. The van der Waals surface area contributed by atoms with Crippen LogP contribution in [-0.4, -0.2) is 54.5 Å². The molecule has 5 nitrogen and oxygen atoms in total. The lowest BCUT2D eigenvalue weighted by Gasteiger charge is -2.32. The number of ether oxygens (including phenoxy) is 1. The minimum Gasteiger partial charge on any atom is -0.444 e. The van der Waals surface area contributed by atoms with Gasteiger partial charge in [-0.3, -0.25) is 0 Å². The Balaban J connectivity index is 0.000000304. The number of nitrogens with one attached hydrogen (secondary N) is 1. The molecule has 0 aromatic carbocycles. The van der Waals surface area contributed by atoms with Gasteiger partial charge in [0.1, 0.15) is 5.60 Å². The highest BCUT2D eigenvalue weighted by molar-refractivity contribution is 5.68. The third-order valence-corrected chi connectivity index (χ3v) is 3.73. The number of hydrogen-bond acceptors (Lipinski definition) is 4. The number of piperidine rings is 2. The summed E-state index contributed by atoms with van der Waals surface area (Å²) in [6.45, 7) is 9.71. The summed E-state index contributed by atoms with van der Waals surface area (Å²) >= 11 is 0. The van der Waals surface area contributed by atoms with Gasteiger partial charge in [0.05, 0.1) is 0 Å². The second-order valence-electron chi connectivity index (χ2n) is 6.90. The van der Waals surface area contributed by atoms with Gasteiger partial charge in [-0.25, -0.2) is 4.79 Å². The van der Waals surface area contributed by atoms with Crippen molar-refractivity contribution < 1.29 is 14.6 Å². The van der Waals surface area contributed by atoms with Crippen LogP contribution in [0.25, 0.3) is 0 Å². The number of amides is 1. The van der Waals surface area contributed by atoms with Gasteiger partial charge >= 0.3 is 6.09 Å². The minimum atomic E-state index is -0.426. The molecule has 0 aromatic heterocycles. The summed E-state index contributed by atoms with van der Waals surface area (Å²) in [7, 11) is 0. The van der Waals surface area contributed by atoms with E-state index in [0.29, 0.717) is 19.0 Å². The fraction of sp³-hybridized carbons (Fsp3) is 0.938. The van der Waals surface area contributed by atoms with Crippen molar-refractivity contribution in [3.8, 4) is 0 Å². The number of carbonyl (C=O) groups is 1. The van der Waals surface area contributed by atoms with E-state index in [9.17, 15) is 4.79 Å². The zero-order valence-electron chi connectivity index (χ0n) is 13.9. The van der Waals surface area contributed by atoms with Crippen molar-refractivity contribution in [1.82, 2.24) is 10.2 Å². The van der Waals surface area contributed by atoms with Crippen LogP contribution in [0, 0.1) is 5.92 Å². The second kappa shape index (κ2) is 9.26. The van der Waals surface area contributed by atoms with E-state index in [4.69, 9.17) is 9.84 Å². The summed E-state index contributed by atoms with van der Waals surface area (Å²) < 4.78 is 5.27. The summed E-state index contributed by atoms with van der Waals surface area (Å²) in [5, 5.41) is 12.3. The normalized spacial score (nSPS) is 20.5. The summed E-state index contributed by atoms with van der Waals surface area (Å²) in [5.74, 6) is 0.351. The Morgan fingerprint density at radius 1 is 1.19 bits per heavy atom. The smallest absolute Gasteiger partial charge is 0.410 e. The molecule has 2 saturated heterocycles. The predicted molar refractivity (Wildman–Crippen MR) is 84.3 cm³/mol. The third kappa shape index (κ3) is 8.27. The van der Waals surface area contributed by atoms with E-state index in [1.54, 1.807) is 4.90 Å². The van der Waals surface area contributed by atoms with Gasteiger partial charge < -0.3 is 20.1 Å². The van der Waals surface area contributed by atoms with Crippen LogP contribution in [0.4, 0.5) is 4.79 Å². The molecule has 21 heavy (non-hydrogen) atoms. The van der Waals surface area contributed by atoms with E-state index in [2.05, 4.69) is 5.32 Å². The molecule has 0 aliphatic carbocycles. The first-order chi connectivity index (χ1) is 9.92. The van der Waals surface area contributed by atoms with Crippen molar-refractivity contribution in [3.05, 3.63) is 0 Å². The van der Waals surface area contributed by atoms with Crippen molar-refractivity contribution in [1.29, 1.82) is 0 Å². The van der Waals surface area contributed by atoms with Crippen LogP contribution >= 0.6 is 0 Å². The maximum atomic E-state index is 11.6. The topological polar surface area (TPSA) is 61.8 Å². The molecule has 0 spiro atoms. The lowest BCUT2D eigenvalue weighted by Crippen LogP contribution is -2.42. The van der Waals surface area contributed by atoms with Crippen LogP contribution in [0.5, 0.6) is 0 Å². The molecule has 2 aliphatic heterocycles. The maximum Gasteiger partial charge on any atom is 0.410 e. The molecule has 0 saturated carbocycles. The minimum absolute atomic E-state index is 0.224. The summed E-state index contributed by atoms with van der Waals surface area (Å²) in [5.41, 5.74) is -0.426. The van der Waals surface area contributed by atoms with E-state index < -0.39 is 5.60 Å². The average molecular weight is 300 g/mol. The Bertz CT molecular complexity index is 279. The highest BCUT2D eigenvalue weighted by atomic mass is 16.6. The van der Waals surface area contributed by atoms with Crippen LogP contribution in [0.1, 0.15) is 52.9 Å². The molecule has 0 bridgehead atoms. The first kappa shape index (κ1) is 18.2. The first-order valence-corrected chi connectivity index (χ1v) is 8.22. The molecule has 2 fully saturated rings. The van der Waals surface area contributed by atoms with Gasteiger partial charge in [0.25, 0.3) is 0 Å². The molecule has 0 radical (unpaired) electrons. The molecule has 2 aliphatic rings. The van der Waals surface area contributed by atoms with Crippen LogP contribution in [0.3, 0.4) is 0 Å². The standard InChI is InChI=1S/C11H21NO3.C5H11N/c1-11(2,3)15-10(14)12-6-4-9(8-13)5-7-12;1-2-4-6-5-3-1/h9,13H,4-8H2,1-3H3;6H,1-5H2. The van der Waals surface area contributed by atoms with E-state index in [1.165, 1.54) is 32.4 Å². The molecule has 2 N–H and O–H groups in total. The molecule has 0 atom stereocenters. The summed E-state index contributed by atoms with van der Waals surface area (Å²) in [6, 6.07) is 0. The number of nitrogens with zero attached hydrogens (tertiary/aromatic N) is 1. The Hall–Kier alpha value is -0.810. The highest BCUT2D eigenvalue weighted by Gasteiger charge is 2.26. The maximum absolute atomic E-state index is 11.6. The van der Waals surface area contributed by atoms with Gasteiger partial charge in [0.15, 0.2) is 0 Å². The number of likely N-dealkylation sites (tertiary alicyclic amines) is 1. The zero-order chi connectivity index (χ0) is 15.7. The molecular weight excluding hydrogens is 268 g/mol. The lowest BCUT2D eigenvalue weighted by molar-refractivity contribution is 0.0159. The van der Waals surface area contributed by atoms with Gasteiger partial charge in [0.2, 0.25) is 0 Å². The van der Waals surface area contributed by atoms with Crippen molar-refractivity contribution in [2.45, 2.75) is 58.5 Å². The third-order valence-electron chi connectivity index (χ3n) is 3.73. The van der Waals surface area contributed by atoms with Gasteiger partial charge in [-0.15, -0.1) is 0 Å². The second-order valence-corrected chi connectivity index (χ2v) is 6.90. The molecule has 2 heterocycles. The van der Waals surface area contributed by atoms with E-state index in [0.717, 1.165) is 12.8 Å². The van der Waals surface area contributed by atoms with Crippen molar-refractivity contribution >= 4 is 6.09 Å². The largest absolute Gasteiger partial charge is 0.444 e. The van der Waals surface area contributed by atoms with E-state index in [-0.39, 0.29) is 12.7 Å². The van der Waals surface area contributed by atoms with Crippen molar-refractivity contribution in [2.24, 2.45) is 5.92 Å². The Morgan fingerprint density at radius 3 is 2.10 bits per heavy atom. The molecule has 0 unspecified atom stereocenters. The Kier molecular flexibility index (Phi) is 8.04. The molecule has 2 rings (SSSR count). The number of hydrogen-bond donors (Lipinski definition) is 2. The van der Waals surface area contributed by atoms with Crippen molar-refractivity contribution in [2.75, 3.05) is 32.8 Å². The molecule has 124 valence electrons. The number of rotatable bonds is 1. The highest BCUT2D eigenvalue weighted by Crippen LogP contribution is 2.18. The first-order valence-electron chi connectivity index (χ1n) is 8.22. The van der Waals surface area contributed by atoms with E-state index in [1.807, 2.05) is 20.8 Å². The fourth-order valence-corrected chi connectivity index (χ4v) is 2.43. The molecule has 1 amide bonds. The van der Waals surface area contributed by atoms with Crippen molar-refractivity contribution in [3.63, 3.8) is 0 Å². The van der Waals surface area contributed by atoms with Crippen LogP contribution in [-0.2, 0) is 4.74 Å². The van der Waals surface area contributed by atoms with Gasteiger partial charge in [-0.1, -0.05) is 6.42 Å². The number of aliphatic hydroxyl groups is 1. The lowest BCUT2D eigenvalue weighted by atomic mass is 9.98.